The highest BCUT2D eigenvalue weighted by Gasteiger charge is 2.45. The first-order valence-electron chi connectivity index (χ1n) is 9.07. The number of alkyl halides is 3. The molecule has 0 heterocycles. The summed E-state index contributed by atoms with van der Waals surface area (Å²) in [6.45, 7) is 1.38. The van der Waals surface area contributed by atoms with Crippen molar-refractivity contribution in [3.8, 4) is 18.1 Å². The van der Waals surface area contributed by atoms with Gasteiger partial charge in [-0.25, -0.2) is 4.79 Å². The summed E-state index contributed by atoms with van der Waals surface area (Å²) >= 11 is 5.89. The fourth-order valence-corrected chi connectivity index (χ4v) is 3.97. The standard InChI is InChI=1S/C20H21ClF3NO4/c1-3-17(26)25(14-9-10-16(15(21)11-14)29-20(22,23)24)19(2,18(27)28)12-13-7-5-4-6-8-13/h1,9-11,13H,4-8,12H2,2H3,(H,27,28)/t19-/m0/s1. The number of carboxylic acid groups (broad SMARTS) is 1. The SMILES string of the molecule is C#CC(=O)N(c1ccc(OC(F)(F)F)c(Cl)c1)[C@@](C)(CC1CCCCC1)C(=O)O. The van der Waals surface area contributed by atoms with Crippen molar-refractivity contribution in [1.29, 1.82) is 0 Å². The highest BCUT2D eigenvalue weighted by Crippen LogP contribution is 2.39. The maximum atomic E-state index is 12.5. The number of halogens is 4. The van der Waals surface area contributed by atoms with Gasteiger partial charge in [-0.1, -0.05) is 43.7 Å². The van der Waals surface area contributed by atoms with E-state index in [1.165, 1.54) is 6.92 Å². The number of ether oxygens (including phenoxy) is 1. The predicted molar refractivity (Wildman–Crippen MR) is 102 cm³/mol. The average Bonchev–Trinajstić information content (AvgIpc) is 2.63. The molecule has 1 aliphatic carbocycles. The molecule has 1 aromatic rings. The van der Waals surface area contributed by atoms with Crippen LogP contribution in [0.4, 0.5) is 18.9 Å². The highest BCUT2D eigenvalue weighted by molar-refractivity contribution is 6.32. The number of hydrogen-bond acceptors (Lipinski definition) is 3. The molecule has 0 unspecified atom stereocenters. The first kappa shape index (κ1) is 22.9. The molecule has 1 aliphatic rings. The maximum absolute atomic E-state index is 12.5. The fourth-order valence-electron chi connectivity index (χ4n) is 3.75. The Bertz CT molecular complexity index is 815. The third kappa shape index (κ3) is 5.57. The van der Waals surface area contributed by atoms with Gasteiger partial charge in [0.05, 0.1) is 5.02 Å². The minimum atomic E-state index is -4.95. The van der Waals surface area contributed by atoms with Crippen LogP contribution in [0.5, 0.6) is 5.75 Å². The molecule has 29 heavy (non-hydrogen) atoms. The Labute approximate surface area is 171 Å². The van der Waals surface area contributed by atoms with Gasteiger partial charge in [-0.05, 0) is 43.4 Å². The first-order valence-corrected chi connectivity index (χ1v) is 9.45. The molecule has 2 rings (SSSR count). The number of carbonyl (C=O) groups is 2. The molecular weight excluding hydrogens is 411 g/mol. The number of nitrogens with zero attached hydrogens (tertiary/aromatic N) is 1. The van der Waals surface area contributed by atoms with Gasteiger partial charge in [0, 0.05) is 5.69 Å². The van der Waals surface area contributed by atoms with E-state index in [2.05, 4.69) is 4.74 Å². The van der Waals surface area contributed by atoms with Gasteiger partial charge in [0.1, 0.15) is 11.3 Å². The van der Waals surface area contributed by atoms with Crippen LogP contribution in [0.1, 0.15) is 45.4 Å². The van der Waals surface area contributed by atoms with Crippen molar-refractivity contribution in [1.82, 2.24) is 0 Å². The Morgan fingerprint density at radius 3 is 2.41 bits per heavy atom. The molecule has 1 atom stereocenters. The summed E-state index contributed by atoms with van der Waals surface area (Å²) in [5.41, 5.74) is -1.71. The third-order valence-corrected chi connectivity index (χ3v) is 5.39. The predicted octanol–water partition coefficient (Wildman–Crippen LogP) is 5.02. The lowest BCUT2D eigenvalue weighted by atomic mass is 9.79. The molecule has 1 aromatic carbocycles. The Balaban J connectivity index is 2.45. The molecule has 1 saturated carbocycles. The minimum absolute atomic E-state index is 0.0202. The average molecular weight is 432 g/mol. The number of terminal acetylenes is 1. The van der Waals surface area contributed by atoms with Crippen LogP contribution in [0.3, 0.4) is 0 Å². The smallest absolute Gasteiger partial charge is 0.479 e. The van der Waals surface area contributed by atoms with Crippen LogP contribution in [0.25, 0.3) is 0 Å². The van der Waals surface area contributed by atoms with Gasteiger partial charge >= 0.3 is 18.2 Å². The second-order valence-corrected chi connectivity index (χ2v) is 7.64. The van der Waals surface area contributed by atoms with Gasteiger partial charge in [-0.15, -0.1) is 19.6 Å². The van der Waals surface area contributed by atoms with Gasteiger partial charge in [-0.2, -0.15) is 0 Å². The van der Waals surface area contributed by atoms with Crippen LogP contribution in [0.2, 0.25) is 5.02 Å². The van der Waals surface area contributed by atoms with E-state index in [-0.39, 0.29) is 18.0 Å². The van der Waals surface area contributed by atoms with Crippen LogP contribution < -0.4 is 9.64 Å². The van der Waals surface area contributed by atoms with Gasteiger partial charge in [0.15, 0.2) is 0 Å². The van der Waals surface area contributed by atoms with Crippen molar-refractivity contribution >= 4 is 29.2 Å². The molecule has 1 N–H and O–H groups in total. The minimum Gasteiger partial charge on any atom is -0.479 e. The zero-order valence-corrected chi connectivity index (χ0v) is 16.5. The molecular formula is C20H21ClF3NO4. The lowest BCUT2D eigenvalue weighted by molar-refractivity contribution is -0.274. The number of hydrogen-bond donors (Lipinski definition) is 1. The van der Waals surface area contributed by atoms with Crippen molar-refractivity contribution in [2.75, 3.05) is 4.90 Å². The van der Waals surface area contributed by atoms with E-state index in [0.29, 0.717) is 0 Å². The Morgan fingerprint density at radius 1 is 1.31 bits per heavy atom. The van der Waals surface area contributed by atoms with E-state index in [0.717, 1.165) is 55.2 Å². The number of carbonyl (C=O) groups excluding carboxylic acids is 1. The van der Waals surface area contributed by atoms with E-state index in [1.807, 2.05) is 5.92 Å². The Morgan fingerprint density at radius 2 is 1.93 bits per heavy atom. The number of amides is 1. The van der Waals surface area contributed by atoms with Crippen molar-refractivity contribution in [3.63, 3.8) is 0 Å². The number of rotatable bonds is 6. The summed E-state index contributed by atoms with van der Waals surface area (Å²) in [5.74, 6) is -0.869. The molecule has 0 radical (unpaired) electrons. The number of benzene rings is 1. The molecule has 5 nitrogen and oxygen atoms in total. The van der Waals surface area contributed by atoms with Gasteiger partial charge in [0.2, 0.25) is 0 Å². The zero-order valence-electron chi connectivity index (χ0n) is 15.8. The second-order valence-electron chi connectivity index (χ2n) is 7.23. The Kier molecular flexibility index (Phi) is 7.06. The van der Waals surface area contributed by atoms with Crippen molar-refractivity contribution < 1.29 is 32.6 Å². The van der Waals surface area contributed by atoms with Crippen molar-refractivity contribution in [2.24, 2.45) is 5.92 Å². The summed E-state index contributed by atoms with van der Waals surface area (Å²) in [6, 6.07) is 3.09. The van der Waals surface area contributed by atoms with Gasteiger partial charge in [0.25, 0.3) is 0 Å². The maximum Gasteiger partial charge on any atom is 0.573 e. The second kappa shape index (κ2) is 8.95. The molecule has 0 bridgehead atoms. The molecule has 0 spiro atoms. The topological polar surface area (TPSA) is 66.8 Å². The van der Waals surface area contributed by atoms with Gasteiger partial charge in [-0.3, -0.25) is 9.69 Å². The summed E-state index contributed by atoms with van der Waals surface area (Å²) in [6.07, 6.45) is 5.15. The van der Waals surface area contributed by atoms with Crippen LogP contribution in [0, 0.1) is 18.3 Å². The third-order valence-electron chi connectivity index (χ3n) is 5.09. The molecule has 0 aliphatic heterocycles. The fraction of sp³-hybridized carbons (Fsp3) is 0.500. The Hall–Kier alpha value is -2.40. The molecule has 0 saturated heterocycles. The lowest BCUT2D eigenvalue weighted by Gasteiger charge is -2.40. The van der Waals surface area contributed by atoms with Crippen molar-refractivity contribution in [3.05, 3.63) is 23.2 Å². The molecule has 0 aromatic heterocycles. The number of aliphatic carboxylic acids is 1. The van der Waals surface area contributed by atoms with E-state index in [9.17, 15) is 27.9 Å². The summed E-state index contributed by atoms with van der Waals surface area (Å²) in [4.78, 5) is 25.6. The van der Waals surface area contributed by atoms with E-state index in [1.54, 1.807) is 0 Å². The molecule has 1 fully saturated rings. The zero-order chi connectivity index (χ0) is 21.8. The highest BCUT2D eigenvalue weighted by atomic mass is 35.5. The lowest BCUT2D eigenvalue weighted by Crippen LogP contribution is -2.56. The largest absolute Gasteiger partial charge is 0.573 e. The molecule has 9 heteroatoms. The van der Waals surface area contributed by atoms with E-state index in [4.69, 9.17) is 18.0 Å². The normalized spacial score (nSPS) is 17.1. The van der Waals surface area contributed by atoms with Crippen LogP contribution in [-0.2, 0) is 9.59 Å². The van der Waals surface area contributed by atoms with Crippen LogP contribution >= 0.6 is 11.6 Å². The van der Waals surface area contributed by atoms with E-state index >= 15 is 0 Å². The molecule has 1 amide bonds. The van der Waals surface area contributed by atoms with Crippen LogP contribution in [0.15, 0.2) is 18.2 Å². The number of carboxylic acids is 1. The number of anilines is 1. The molecule has 158 valence electrons. The summed E-state index contributed by atoms with van der Waals surface area (Å²) in [7, 11) is 0. The van der Waals surface area contributed by atoms with Gasteiger partial charge < -0.3 is 9.84 Å². The monoisotopic (exact) mass is 431 g/mol. The summed E-state index contributed by atoms with van der Waals surface area (Å²) < 4.78 is 41.2. The van der Waals surface area contributed by atoms with Crippen molar-refractivity contribution in [2.45, 2.75) is 57.3 Å². The van der Waals surface area contributed by atoms with E-state index < -0.39 is 34.5 Å². The van der Waals surface area contributed by atoms with Crippen LogP contribution in [-0.4, -0.2) is 28.9 Å². The summed E-state index contributed by atoms with van der Waals surface area (Å²) in [5, 5.41) is 9.52. The quantitative estimate of drug-likeness (QED) is 0.642. The first-order chi connectivity index (χ1) is 13.5.